The van der Waals surface area contributed by atoms with Gasteiger partial charge < -0.3 is 4.52 Å². The quantitative estimate of drug-likeness (QED) is 0.435. The number of nitrogen functional groups attached to an aromatic ring is 1. The second-order valence-electron chi connectivity index (χ2n) is 4.08. The molecular formula is C11H20N4O2S. The van der Waals surface area contributed by atoms with Crippen molar-refractivity contribution >= 4 is 17.7 Å². The van der Waals surface area contributed by atoms with E-state index >= 15 is 0 Å². The molecule has 0 aliphatic heterocycles. The Bertz CT molecular complexity index is 383. The van der Waals surface area contributed by atoms with Gasteiger partial charge in [0.1, 0.15) is 0 Å². The summed E-state index contributed by atoms with van der Waals surface area (Å²) in [6.45, 7) is 2.79. The van der Waals surface area contributed by atoms with Crippen LogP contribution in [0.25, 0.3) is 0 Å². The molecule has 6 nitrogen and oxygen atoms in total. The molecule has 1 atom stereocenters. The Balaban J connectivity index is 2.61. The van der Waals surface area contributed by atoms with Gasteiger partial charge in [-0.25, -0.2) is 5.84 Å². The average molecular weight is 272 g/mol. The van der Waals surface area contributed by atoms with Gasteiger partial charge in [0.25, 0.3) is 5.91 Å². The van der Waals surface area contributed by atoms with Crippen LogP contribution < -0.4 is 11.3 Å². The third-order valence-corrected chi connectivity index (χ3v) is 3.50. The highest BCUT2D eigenvalue weighted by Gasteiger charge is 2.16. The van der Waals surface area contributed by atoms with Crippen LogP contribution in [-0.4, -0.2) is 41.1 Å². The highest BCUT2D eigenvalue weighted by atomic mass is 32.2. The Hall–Kier alpha value is -1.05. The molecule has 1 unspecified atom stereocenters. The van der Waals surface area contributed by atoms with Crippen LogP contribution in [0, 0.1) is 0 Å². The topological polar surface area (TPSA) is 84.4 Å². The number of nitrogens with one attached hydrogen (secondary N) is 1. The summed E-state index contributed by atoms with van der Waals surface area (Å²) in [6, 6.07) is 2.10. The molecule has 0 aromatic carbocycles. The van der Waals surface area contributed by atoms with Gasteiger partial charge in [0.15, 0.2) is 11.5 Å². The van der Waals surface area contributed by atoms with E-state index in [4.69, 9.17) is 10.4 Å². The van der Waals surface area contributed by atoms with Gasteiger partial charge in [-0.2, -0.15) is 11.8 Å². The van der Waals surface area contributed by atoms with Gasteiger partial charge in [0.05, 0.1) is 6.54 Å². The van der Waals surface area contributed by atoms with Crippen LogP contribution in [0.1, 0.15) is 29.6 Å². The fourth-order valence-electron chi connectivity index (χ4n) is 1.69. The minimum Gasteiger partial charge on any atom is -0.359 e. The third-order valence-electron chi connectivity index (χ3n) is 2.78. The van der Waals surface area contributed by atoms with Crippen molar-refractivity contribution in [3.8, 4) is 0 Å². The zero-order valence-corrected chi connectivity index (χ0v) is 11.8. The van der Waals surface area contributed by atoms with Gasteiger partial charge in [-0.15, -0.1) is 0 Å². The normalized spacial score (nSPS) is 12.7. The van der Waals surface area contributed by atoms with E-state index in [1.807, 2.05) is 24.2 Å². The van der Waals surface area contributed by atoms with Crippen LogP contribution in [0.2, 0.25) is 0 Å². The molecule has 3 N–H and O–H groups in total. The number of carbonyl (C=O) groups excluding carboxylic acids is 1. The molecule has 0 saturated carbocycles. The van der Waals surface area contributed by atoms with Gasteiger partial charge in [-0.1, -0.05) is 12.1 Å². The first-order chi connectivity index (χ1) is 8.62. The van der Waals surface area contributed by atoms with Crippen molar-refractivity contribution in [3.63, 3.8) is 0 Å². The van der Waals surface area contributed by atoms with Gasteiger partial charge in [-0.05, 0) is 19.7 Å². The molecule has 1 heterocycles. The summed E-state index contributed by atoms with van der Waals surface area (Å²) < 4.78 is 5.12. The van der Waals surface area contributed by atoms with Gasteiger partial charge in [0.2, 0.25) is 0 Å². The predicted molar refractivity (Wildman–Crippen MR) is 72.1 cm³/mol. The van der Waals surface area contributed by atoms with Gasteiger partial charge >= 0.3 is 0 Å². The van der Waals surface area contributed by atoms with Crippen LogP contribution >= 0.6 is 11.8 Å². The second kappa shape index (κ2) is 7.40. The maximum Gasteiger partial charge on any atom is 0.287 e. The van der Waals surface area contributed by atoms with Crippen LogP contribution in [0.15, 0.2) is 10.6 Å². The Labute approximate surface area is 111 Å². The van der Waals surface area contributed by atoms with E-state index in [1.165, 1.54) is 0 Å². The van der Waals surface area contributed by atoms with Gasteiger partial charge in [0, 0.05) is 17.9 Å². The maximum absolute atomic E-state index is 11.2. The Kier molecular flexibility index (Phi) is 6.17. The summed E-state index contributed by atoms with van der Waals surface area (Å²) >= 11 is 1.82. The monoisotopic (exact) mass is 272 g/mol. The lowest BCUT2D eigenvalue weighted by Crippen LogP contribution is -2.32. The summed E-state index contributed by atoms with van der Waals surface area (Å²) in [5.74, 6) is 6.32. The van der Waals surface area contributed by atoms with E-state index in [0.29, 0.717) is 18.3 Å². The van der Waals surface area contributed by atoms with E-state index in [1.54, 1.807) is 6.07 Å². The van der Waals surface area contributed by atoms with E-state index in [0.717, 1.165) is 12.2 Å². The minimum absolute atomic E-state index is 0.207. The molecule has 102 valence electrons. The van der Waals surface area contributed by atoms with Crippen molar-refractivity contribution in [1.29, 1.82) is 0 Å². The first-order valence-electron chi connectivity index (χ1n) is 5.78. The predicted octanol–water partition coefficient (Wildman–Crippen LogP) is 0.852. The number of nitrogens with zero attached hydrogens (tertiary/aromatic N) is 2. The SMILES string of the molecule is CCC(CSC)N(C)Cc1cc(C(=O)NN)no1. The zero-order chi connectivity index (χ0) is 13.5. The van der Waals surface area contributed by atoms with Crippen LogP contribution in [0.5, 0.6) is 0 Å². The number of thioether (sulfide) groups is 1. The zero-order valence-electron chi connectivity index (χ0n) is 11.0. The molecular weight excluding hydrogens is 252 g/mol. The lowest BCUT2D eigenvalue weighted by Gasteiger charge is -2.25. The third kappa shape index (κ3) is 4.01. The van der Waals surface area contributed by atoms with Crippen molar-refractivity contribution in [2.75, 3.05) is 19.1 Å². The van der Waals surface area contributed by atoms with Crippen LogP contribution in [-0.2, 0) is 6.54 Å². The number of amides is 1. The molecule has 0 saturated heterocycles. The molecule has 18 heavy (non-hydrogen) atoms. The van der Waals surface area contributed by atoms with Crippen LogP contribution in [0.4, 0.5) is 0 Å². The van der Waals surface area contributed by atoms with Crippen molar-refractivity contribution in [3.05, 3.63) is 17.5 Å². The smallest absolute Gasteiger partial charge is 0.287 e. The van der Waals surface area contributed by atoms with Crippen molar-refractivity contribution < 1.29 is 9.32 Å². The summed E-state index contributed by atoms with van der Waals surface area (Å²) in [5.41, 5.74) is 2.23. The first kappa shape index (κ1) is 15.0. The van der Waals surface area contributed by atoms with Crippen molar-refractivity contribution in [2.45, 2.75) is 25.9 Å². The van der Waals surface area contributed by atoms with Crippen molar-refractivity contribution in [2.24, 2.45) is 5.84 Å². The molecule has 0 aliphatic rings. The fraction of sp³-hybridized carbons (Fsp3) is 0.636. The fourth-order valence-corrected chi connectivity index (χ4v) is 2.57. The van der Waals surface area contributed by atoms with E-state index in [-0.39, 0.29) is 5.69 Å². The number of hydrogen-bond acceptors (Lipinski definition) is 6. The maximum atomic E-state index is 11.2. The number of hydrogen-bond donors (Lipinski definition) is 2. The number of rotatable bonds is 7. The van der Waals surface area contributed by atoms with Gasteiger partial charge in [-0.3, -0.25) is 15.1 Å². The molecule has 1 aromatic rings. The Morgan fingerprint density at radius 2 is 2.44 bits per heavy atom. The molecule has 0 bridgehead atoms. The molecule has 7 heteroatoms. The summed E-state index contributed by atoms with van der Waals surface area (Å²) in [5, 5.41) is 3.67. The number of carbonyl (C=O) groups is 1. The highest BCUT2D eigenvalue weighted by molar-refractivity contribution is 7.98. The number of hydrazine groups is 1. The molecule has 1 aromatic heterocycles. The Morgan fingerprint density at radius 1 is 1.72 bits per heavy atom. The van der Waals surface area contributed by atoms with E-state index < -0.39 is 5.91 Å². The molecule has 0 aliphatic carbocycles. The molecule has 0 spiro atoms. The molecule has 1 rings (SSSR count). The Morgan fingerprint density at radius 3 is 3.00 bits per heavy atom. The first-order valence-corrected chi connectivity index (χ1v) is 7.17. The standard InChI is InChI=1S/C11H20N4O2S/c1-4-8(7-18-3)15(2)6-9-5-10(14-17-9)11(16)13-12/h5,8H,4,6-7,12H2,1-3H3,(H,13,16). The summed E-state index contributed by atoms with van der Waals surface area (Å²) in [7, 11) is 2.04. The lowest BCUT2D eigenvalue weighted by molar-refractivity contribution is 0.0944. The largest absolute Gasteiger partial charge is 0.359 e. The lowest BCUT2D eigenvalue weighted by atomic mass is 10.2. The molecule has 0 fully saturated rings. The second-order valence-corrected chi connectivity index (χ2v) is 5.00. The summed E-state index contributed by atoms with van der Waals surface area (Å²) in [4.78, 5) is 13.4. The van der Waals surface area contributed by atoms with E-state index in [2.05, 4.69) is 23.2 Å². The average Bonchev–Trinajstić information content (AvgIpc) is 2.83. The number of nitrogens with two attached hydrogens (primary N) is 1. The molecule has 0 radical (unpaired) electrons. The molecule has 1 amide bonds. The van der Waals surface area contributed by atoms with Crippen LogP contribution in [0.3, 0.4) is 0 Å². The minimum atomic E-state index is -0.441. The number of aromatic nitrogens is 1. The summed E-state index contributed by atoms with van der Waals surface area (Å²) in [6.07, 6.45) is 3.16. The van der Waals surface area contributed by atoms with E-state index in [9.17, 15) is 4.79 Å². The highest BCUT2D eigenvalue weighted by Crippen LogP contribution is 2.13. The van der Waals surface area contributed by atoms with Crippen molar-refractivity contribution in [1.82, 2.24) is 15.5 Å².